The molecule has 0 amide bonds. The van der Waals surface area contributed by atoms with E-state index in [2.05, 4.69) is 28.6 Å². The second-order valence-corrected chi connectivity index (χ2v) is 4.06. The van der Waals surface area contributed by atoms with Gasteiger partial charge in [0, 0.05) is 12.4 Å². The molecular formula is C13H17N3. The number of hydrogen-bond acceptors (Lipinski definition) is 2. The zero-order chi connectivity index (χ0) is 11.5. The van der Waals surface area contributed by atoms with Crippen molar-refractivity contribution in [3.8, 4) is 0 Å². The van der Waals surface area contributed by atoms with Gasteiger partial charge in [0.2, 0.25) is 0 Å². The summed E-state index contributed by atoms with van der Waals surface area (Å²) in [5.74, 6) is 0.999. The molecule has 0 aliphatic heterocycles. The molecule has 84 valence electrons. The van der Waals surface area contributed by atoms with E-state index < -0.39 is 0 Å². The number of nitrogens with two attached hydrogens (primary N) is 1. The molecule has 0 fully saturated rings. The van der Waals surface area contributed by atoms with Crippen molar-refractivity contribution in [1.82, 2.24) is 9.55 Å². The molecule has 3 nitrogen and oxygen atoms in total. The minimum atomic E-state index is -0.00546. The van der Waals surface area contributed by atoms with E-state index in [9.17, 15) is 0 Å². The van der Waals surface area contributed by atoms with E-state index in [1.807, 2.05) is 37.5 Å². The molecule has 1 heterocycles. The second kappa shape index (κ2) is 4.49. The minimum Gasteiger partial charge on any atom is -0.330 e. The summed E-state index contributed by atoms with van der Waals surface area (Å²) < 4.78 is 2.11. The highest BCUT2D eigenvalue weighted by Gasteiger charge is 2.17. The average molecular weight is 215 g/mol. The van der Waals surface area contributed by atoms with Crippen LogP contribution in [-0.4, -0.2) is 9.55 Å². The number of nitrogens with zero attached hydrogens (tertiary/aromatic N) is 2. The van der Waals surface area contributed by atoms with E-state index in [0.29, 0.717) is 0 Å². The lowest BCUT2D eigenvalue weighted by Crippen LogP contribution is -2.22. The molecule has 2 N–H and O–H groups in total. The number of hydrogen-bond donors (Lipinski definition) is 1. The van der Waals surface area contributed by atoms with E-state index in [-0.39, 0.29) is 12.1 Å². The fourth-order valence-electron chi connectivity index (χ4n) is 1.94. The Morgan fingerprint density at radius 3 is 2.50 bits per heavy atom. The van der Waals surface area contributed by atoms with Crippen LogP contribution in [-0.2, 0) is 0 Å². The maximum atomic E-state index is 6.25. The maximum absolute atomic E-state index is 6.25. The molecule has 2 atom stereocenters. The van der Waals surface area contributed by atoms with Crippen LogP contribution in [0.15, 0.2) is 42.7 Å². The summed E-state index contributed by atoms with van der Waals surface area (Å²) in [6.07, 6.45) is 3.78. The summed E-state index contributed by atoms with van der Waals surface area (Å²) in [5.41, 5.74) is 7.41. The molecule has 16 heavy (non-hydrogen) atoms. The highest BCUT2D eigenvalue weighted by Crippen LogP contribution is 2.24. The van der Waals surface area contributed by atoms with Gasteiger partial charge in [0.05, 0.1) is 12.1 Å². The zero-order valence-corrected chi connectivity index (χ0v) is 9.67. The Morgan fingerprint density at radius 1 is 1.25 bits per heavy atom. The van der Waals surface area contributed by atoms with Crippen LogP contribution in [0.1, 0.15) is 30.4 Å². The first-order valence-electron chi connectivity index (χ1n) is 5.50. The van der Waals surface area contributed by atoms with Crippen molar-refractivity contribution < 1.29 is 0 Å². The van der Waals surface area contributed by atoms with Crippen LogP contribution in [0.3, 0.4) is 0 Å². The quantitative estimate of drug-likeness (QED) is 0.854. The van der Waals surface area contributed by atoms with Crippen LogP contribution in [0.25, 0.3) is 0 Å². The predicted octanol–water partition coefficient (Wildman–Crippen LogP) is 2.45. The summed E-state index contributed by atoms with van der Waals surface area (Å²) in [6.45, 7) is 4.11. The Hall–Kier alpha value is -1.61. The third-order valence-corrected chi connectivity index (χ3v) is 3.01. The molecular weight excluding hydrogens is 198 g/mol. The van der Waals surface area contributed by atoms with E-state index >= 15 is 0 Å². The molecule has 2 rings (SSSR count). The fourth-order valence-corrected chi connectivity index (χ4v) is 1.94. The highest BCUT2D eigenvalue weighted by atomic mass is 15.1. The van der Waals surface area contributed by atoms with Gasteiger partial charge in [-0.2, -0.15) is 0 Å². The van der Waals surface area contributed by atoms with Gasteiger partial charge in [0.15, 0.2) is 0 Å². The minimum absolute atomic E-state index is 0.00546. The molecule has 3 heteroatoms. The van der Waals surface area contributed by atoms with Crippen LogP contribution >= 0.6 is 0 Å². The molecule has 0 saturated carbocycles. The molecule has 2 unspecified atom stereocenters. The van der Waals surface area contributed by atoms with E-state index in [1.165, 1.54) is 0 Å². The van der Waals surface area contributed by atoms with Gasteiger partial charge in [-0.15, -0.1) is 0 Å². The first-order chi connectivity index (χ1) is 7.70. The zero-order valence-electron chi connectivity index (χ0n) is 9.67. The molecule has 0 aliphatic carbocycles. The van der Waals surface area contributed by atoms with E-state index in [1.54, 1.807) is 0 Å². The number of rotatable bonds is 3. The highest BCUT2D eigenvalue weighted by molar-refractivity contribution is 5.19. The van der Waals surface area contributed by atoms with Gasteiger partial charge in [-0.05, 0) is 19.4 Å². The van der Waals surface area contributed by atoms with Gasteiger partial charge in [-0.1, -0.05) is 30.3 Å². The second-order valence-electron chi connectivity index (χ2n) is 4.06. The summed E-state index contributed by atoms with van der Waals surface area (Å²) in [6, 6.07) is 10.4. The van der Waals surface area contributed by atoms with Crippen molar-refractivity contribution in [2.75, 3.05) is 0 Å². The lowest BCUT2D eigenvalue weighted by molar-refractivity contribution is 0.445. The van der Waals surface area contributed by atoms with Gasteiger partial charge in [0.1, 0.15) is 5.82 Å². The molecule has 0 saturated heterocycles. The van der Waals surface area contributed by atoms with Crippen molar-refractivity contribution in [1.29, 1.82) is 0 Å². The Bertz CT molecular complexity index is 447. The van der Waals surface area contributed by atoms with Gasteiger partial charge < -0.3 is 10.3 Å². The smallest absolute Gasteiger partial charge is 0.105 e. The largest absolute Gasteiger partial charge is 0.330 e. The van der Waals surface area contributed by atoms with Crippen molar-refractivity contribution in [3.63, 3.8) is 0 Å². The number of aryl methyl sites for hydroxylation is 1. The lowest BCUT2D eigenvalue weighted by Gasteiger charge is -2.22. The number of aromatic nitrogens is 2. The molecule has 1 aromatic heterocycles. The Kier molecular flexibility index (Phi) is 3.06. The third-order valence-electron chi connectivity index (χ3n) is 3.01. The molecule has 0 spiro atoms. The van der Waals surface area contributed by atoms with Crippen molar-refractivity contribution >= 4 is 0 Å². The molecule has 0 bridgehead atoms. The van der Waals surface area contributed by atoms with Gasteiger partial charge in [-0.3, -0.25) is 0 Å². The summed E-state index contributed by atoms with van der Waals surface area (Å²) in [4.78, 5) is 4.22. The summed E-state index contributed by atoms with van der Waals surface area (Å²) in [7, 11) is 0. The number of benzene rings is 1. The Labute approximate surface area is 95.9 Å². The van der Waals surface area contributed by atoms with Crippen molar-refractivity contribution in [2.24, 2.45) is 5.73 Å². The molecule has 2 aromatic rings. The normalized spacial score (nSPS) is 14.7. The van der Waals surface area contributed by atoms with Crippen LogP contribution in [0.5, 0.6) is 0 Å². The van der Waals surface area contributed by atoms with Crippen LogP contribution < -0.4 is 5.73 Å². The topological polar surface area (TPSA) is 43.8 Å². The van der Waals surface area contributed by atoms with Crippen molar-refractivity contribution in [2.45, 2.75) is 25.9 Å². The third kappa shape index (κ3) is 1.99. The van der Waals surface area contributed by atoms with E-state index in [4.69, 9.17) is 5.73 Å². The molecule has 0 aliphatic rings. The van der Waals surface area contributed by atoms with Crippen molar-refractivity contribution in [3.05, 3.63) is 54.1 Å². The average Bonchev–Trinajstić information content (AvgIpc) is 2.75. The molecule has 1 aromatic carbocycles. The summed E-state index contributed by atoms with van der Waals surface area (Å²) >= 11 is 0. The Morgan fingerprint density at radius 2 is 1.94 bits per heavy atom. The van der Waals surface area contributed by atoms with Crippen LogP contribution in [0.4, 0.5) is 0 Å². The standard InChI is InChI=1S/C13H17N3/c1-10(16-9-8-15-11(16)2)13(14)12-6-4-3-5-7-12/h3-10,13H,14H2,1-2H3. The summed E-state index contributed by atoms with van der Waals surface area (Å²) in [5, 5.41) is 0. The lowest BCUT2D eigenvalue weighted by atomic mass is 10.0. The Balaban J connectivity index is 2.23. The predicted molar refractivity (Wildman–Crippen MR) is 65.0 cm³/mol. The first-order valence-corrected chi connectivity index (χ1v) is 5.50. The van der Waals surface area contributed by atoms with E-state index in [0.717, 1.165) is 11.4 Å². The van der Waals surface area contributed by atoms with Crippen LogP contribution in [0.2, 0.25) is 0 Å². The van der Waals surface area contributed by atoms with Gasteiger partial charge in [-0.25, -0.2) is 4.98 Å². The first kappa shape index (κ1) is 10.9. The maximum Gasteiger partial charge on any atom is 0.105 e. The SMILES string of the molecule is Cc1nccn1C(C)C(N)c1ccccc1. The fraction of sp³-hybridized carbons (Fsp3) is 0.308. The van der Waals surface area contributed by atoms with Gasteiger partial charge in [0.25, 0.3) is 0 Å². The van der Waals surface area contributed by atoms with Crippen LogP contribution in [0, 0.1) is 6.92 Å². The number of imidazole rings is 1. The monoisotopic (exact) mass is 215 g/mol. The van der Waals surface area contributed by atoms with Gasteiger partial charge >= 0.3 is 0 Å². The molecule has 0 radical (unpaired) electrons.